The number of likely N-dealkylation sites (N-methyl/N-ethyl adjacent to an activating group) is 1. The molecule has 2 unspecified atom stereocenters. The number of aliphatic hydroxyl groups is 1. The van der Waals surface area contributed by atoms with Crippen molar-refractivity contribution in [2.24, 2.45) is 0 Å². The first-order valence-electron chi connectivity index (χ1n) is 6.97. The van der Waals surface area contributed by atoms with Gasteiger partial charge in [0.05, 0.1) is 19.7 Å². The minimum Gasteiger partial charge on any atom is -0.496 e. The van der Waals surface area contributed by atoms with Crippen molar-refractivity contribution in [1.82, 2.24) is 10.2 Å². The maximum atomic E-state index is 12.3. The third kappa shape index (κ3) is 5.31. The smallest absolute Gasteiger partial charge is 0.416 e. The number of benzene rings is 1. The van der Waals surface area contributed by atoms with Gasteiger partial charge in [-0.1, -0.05) is 17.7 Å². The Kier molecular flexibility index (Phi) is 6.26. The Morgan fingerprint density at radius 3 is 2.57 bits per heavy atom. The Balaban J connectivity index is 2.75. The molecule has 5 nitrogen and oxygen atoms in total. The van der Waals surface area contributed by atoms with E-state index in [1.165, 1.54) is 14.2 Å². The number of carbonyl (C=O) groups is 1. The highest BCUT2D eigenvalue weighted by Gasteiger charge is 2.39. The summed E-state index contributed by atoms with van der Waals surface area (Å²) in [7, 11) is 2.68. The number of carbonyl (C=O) groups excluding carboxylic acids is 1. The Morgan fingerprint density at radius 1 is 1.43 bits per heavy atom. The molecule has 0 saturated heterocycles. The predicted molar refractivity (Wildman–Crippen MR) is 79.4 cm³/mol. The van der Waals surface area contributed by atoms with E-state index in [-0.39, 0.29) is 0 Å². The first-order chi connectivity index (χ1) is 10.6. The number of methoxy groups -OCH3 is 1. The second kappa shape index (κ2) is 7.54. The molecule has 0 aliphatic carbocycles. The Labute approximate surface area is 133 Å². The van der Waals surface area contributed by atoms with Gasteiger partial charge in [0, 0.05) is 12.6 Å². The average Bonchev–Trinajstić information content (AvgIpc) is 2.45. The Morgan fingerprint density at radius 2 is 2.04 bits per heavy atom. The number of aliphatic hydroxyl groups excluding tert-OH is 1. The van der Waals surface area contributed by atoms with Crippen molar-refractivity contribution < 1.29 is 27.8 Å². The molecule has 0 spiro atoms. The maximum absolute atomic E-state index is 12.3. The second-order valence-electron chi connectivity index (χ2n) is 5.35. The molecule has 2 atom stereocenters. The van der Waals surface area contributed by atoms with E-state index in [0.29, 0.717) is 11.3 Å². The zero-order chi connectivity index (χ0) is 17.8. The molecule has 2 amide bonds. The van der Waals surface area contributed by atoms with Gasteiger partial charge in [0.2, 0.25) is 0 Å². The highest BCUT2D eigenvalue weighted by molar-refractivity contribution is 5.74. The van der Waals surface area contributed by atoms with Gasteiger partial charge in [-0.25, -0.2) is 4.79 Å². The zero-order valence-electron chi connectivity index (χ0n) is 13.4. The van der Waals surface area contributed by atoms with Crippen molar-refractivity contribution >= 4 is 6.03 Å². The molecule has 1 aromatic rings. The number of nitrogens with one attached hydrogen (secondary N) is 1. The average molecular weight is 334 g/mol. The van der Waals surface area contributed by atoms with E-state index >= 15 is 0 Å². The Hall–Kier alpha value is -1.96. The molecule has 0 aliphatic rings. The first-order valence-corrected chi connectivity index (χ1v) is 6.97. The van der Waals surface area contributed by atoms with Crippen molar-refractivity contribution in [3.63, 3.8) is 0 Å². The number of aryl methyl sites for hydroxylation is 1. The predicted octanol–water partition coefficient (Wildman–Crippen LogP) is 2.63. The molecule has 2 N–H and O–H groups in total. The molecule has 0 aliphatic heterocycles. The maximum Gasteiger partial charge on any atom is 0.416 e. The third-order valence-corrected chi connectivity index (χ3v) is 3.36. The van der Waals surface area contributed by atoms with Gasteiger partial charge in [0.15, 0.2) is 6.10 Å². The number of amides is 2. The van der Waals surface area contributed by atoms with Crippen LogP contribution in [0.25, 0.3) is 0 Å². The number of urea groups is 1. The molecule has 23 heavy (non-hydrogen) atoms. The van der Waals surface area contributed by atoms with Crippen LogP contribution in [0.15, 0.2) is 18.2 Å². The van der Waals surface area contributed by atoms with Crippen LogP contribution in [0.3, 0.4) is 0 Å². The molecule has 0 heterocycles. The highest BCUT2D eigenvalue weighted by Crippen LogP contribution is 2.26. The largest absolute Gasteiger partial charge is 0.496 e. The molecule has 0 saturated carbocycles. The number of hydrogen-bond acceptors (Lipinski definition) is 3. The topological polar surface area (TPSA) is 61.8 Å². The summed E-state index contributed by atoms with van der Waals surface area (Å²) in [5.41, 5.74) is 1.67. The van der Waals surface area contributed by atoms with Crippen LogP contribution in [0.2, 0.25) is 0 Å². The van der Waals surface area contributed by atoms with Crippen LogP contribution in [0.5, 0.6) is 5.75 Å². The summed E-state index contributed by atoms with van der Waals surface area (Å²) in [5, 5.41) is 11.6. The summed E-state index contributed by atoms with van der Waals surface area (Å²) in [5.74, 6) is 0.571. The lowest BCUT2D eigenvalue weighted by Gasteiger charge is -2.25. The summed E-state index contributed by atoms with van der Waals surface area (Å²) in [4.78, 5) is 12.8. The SMILES string of the molecule is COc1ccc(C)cc1C(C)NC(=O)N(C)CC(O)C(F)(F)F. The second-order valence-corrected chi connectivity index (χ2v) is 5.35. The van der Waals surface area contributed by atoms with E-state index in [4.69, 9.17) is 9.84 Å². The summed E-state index contributed by atoms with van der Waals surface area (Å²) in [6.07, 6.45) is -7.35. The molecule has 0 fully saturated rings. The summed E-state index contributed by atoms with van der Waals surface area (Å²) in [6.45, 7) is 2.74. The fraction of sp³-hybridized carbons (Fsp3) is 0.533. The van der Waals surface area contributed by atoms with Crippen molar-refractivity contribution in [3.05, 3.63) is 29.3 Å². The van der Waals surface area contributed by atoms with Gasteiger partial charge in [0.25, 0.3) is 0 Å². The number of alkyl halides is 3. The van der Waals surface area contributed by atoms with Crippen molar-refractivity contribution in [3.8, 4) is 5.75 Å². The molecule has 0 bridgehead atoms. The van der Waals surface area contributed by atoms with E-state index in [2.05, 4.69) is 5.32 Å². The van der Waals surface area contributed by atoms with Gasteiger partial charge < -0.3 is 20.1 Å². The summed E-state index contributed by atoms with van der Waals surface area (Å²) >= 11 is 0. The first kappa shape index (κ1) is 19.1. The van der Waals surface area contributed by atoms with Gasteiger partial charge in [0.1, 0.15) is 5.75 Å². The quantitative estimate of drug-likeness (QED) is 0.870. The Bertz CT molecular complexity index is 549. The fourth-order valence-corrected chi connectivity index (χ4v) is 2.01. The fourth-order valence-electron chi connectivity index (χ4n) is 2.01. The lowest BCUT2D eigenvalue weighted by atomic mass is 10.0. The minimum atomic E-state index is -4.76. The normalized spacial score (nSPS) is 14.1. The monoisotopic (exact) mass is 334 g/mol. The molecular weight excluding hydrogens is 313 g/mol. The van der Waals surface area contributed by atoms with Crippen LogP contribution in [0, 0.1) is 6.92 Å². The van der Waals surface area contributed by atoms with E-state index in [1.807, 2.05) is 19.1 Å². The van der Waals surface area contributed by atoms with E-state index in [1.54, 1.807) is 13.0 Å². The van der Waals surface area contributed by atoms with E-state index < -0.39 is 30.9 Å². The summed E-state index contributed by atoms with van der Waals surface area (Å²) < 4.78 is 42.2. The molecule has 1 rings (SSSR count). The molecule has 8 heteroatoms. The van der Waals surface area contributed by atoms with E-state index in [0.717, 1.165) is 10.5 Å². The minimum absolute atomic E-state index is 0.470. The number of nitrogens with zero attached hydrogens (tertiary/aromatic N) is 1. The number of rotatable bonds is 5. The van der Waals surface area contributed by atoms with E-state index in [9.17, 15) is 18.0 Å². The zero-order valence-corrected chi connectivity index (χ0v) is 13.4. The van der Waals surface area contributed by atoms with Gasteiger partial charge >= 0.3 is 12.2 Å². The van der Waals surface area contributed by atoms with Crippen molar-refractivity contribution in [2.75, 3.05) is 20.7 Å². The van der Waals surface area contributed by atoms with Crippen LogP contribution in [0.1, 0.15) is 24.1 Å². The van der Waals surface area contributed by atoms with Gasteiger partial charge in [-0.3, -0.25) is 0 Å². The number of halogens is 3. The highest BCUT2D eigenvalue weighted by atomic mass is 19.4. The summed E-state index contributed by atoms with van der Waals surface area (Å²) in [6, 6.07) is 4.24. The van der Waals surface area contributed by atoms with Crippen LogP contribution in [0.4, 0.5) is 18.0 Å². The van der Waals surface area contributed by atoms with Crippen LogP contribution >= 0.6 is 0 Å². The van der Waals surface area contributed by atoms with Gasteiger partial charge in [-0.15, -0.1) is 0 Å². The molecular formula is C15H21F3N2O3. The van der Waals surface area contributed by atoms with Crippen LogP contribution in [-0.4, -0.2) is 49.0 Å². The number of hydrogen-bond donors (Lipinski definition) is 2. The van der Waals surface area contributed by atoms with Crippen molar-refractivity contribution in [2.45, 2.75) is 32.2 Å². The van der Waals surface area contributed by atoms with Crippen molar-refractivity contribution in [1.29, 1.82) is 0 Å². The molecule has 1 aromatic carbocycles. The molecule has 130 valence electrons. The molecule has 0 aromatic heterocycles. The van der Waals surface area contributed by atoms with Crippen LogP contribution < -0.4 is 10.1 Å². The van der Waals surface area contributed by atoms with Gasteiger partial charge in [-0.05, 0) is 19.9 Å². The lowest BCUT2D eigenvalue weighted by Crippen LogP contribution is -2.46. The van der Waals surface area contributed by atoms with Crippen LogP contribution in [-0.2, 0) is 0 Å². The molecule has 0 radical (unpaired) electrons. The third-order valence-electron chi connectivity index (χ3n) is 3.36. The van der Waals surface area contributed by atoms with Gasteiger partial charge in [-0.2, -0.15) is 13.2 Å². The lowest BCUT2D eigenvalue weighted by molar-refractivity contribution is -0.205. The number of ether oxygens (including phenoxy) is 1. The standard InChI is InChI=1S/C15H21F3N2O3/c1-9-5-6-12(23-4)11(7-9)10(2)19-14(22)20(3)8-13(21)15(16,17)18/h5-7,10,13,21H,8H2,1-4H3,(H,19,22).